The van der Waals surface area contributed by atoms with Crippen molar-refractivity contribution < 1.29 is 14.0 Å². The second-order valence-corrected chi connectivity index (χ2v) is 8.44. The van der Waals surface area contributed by atoms with Gasteiger partial charge in [-0.1, -0.05) is 6.07 Å². The van der Waals surface area contributed by atoms with E-state index in [0.29, 0.717) is 6.04 Å². The zero-order chi connectivity index (χ0) is 21.3. The van der Waals surface area contributed by atoms with Crippen LogP contribution in [0.25, 0.3) is 0 Å². The van der Waals surface area contributed by atoms with Crippen molar-refractivity contribution in [1.29, 1.82) is 5.26 Å². The summed E-state index contributed by atoms with van der Waals surface area (Å²) in [4.78, 5) is 29.7. The molecule has 2 amide bonds. The van der Waals surface area contributed by atoms with Crippen LogP contribution in [-0.2, 0) is 16.0 Å². The molecule has 0 bridgehead atoms. The third kappa shape index (κ3) is 4.12. The summed E-state index contributed by atoms with van der Waals surface area (Å²) in [6.07, 6.45) is 1.69. The number of alkyl halides is 1. The zero-order valence-electron chi connectivity index (χ0n) is 17.3. The first-order valence-electron chi connectivity index (χ1n) is 10.7. The van der Waals surface area contributed by atoms with Gasteiger partial charge in [0.05, 0.1) is 19.2 Å². The molecule has 0 aliphatic carbocycles. The number of rotatable bonds is 4. The summed E-state index contributed by atoms with van der Waals surface area (Å²) < 4.78 is 13.6. The third-order valence-electron chi connectivity index (χ3n) is 6.43. The summed E-state index contributed by atoms with van der Waals surface area (Å²) in [5.41, 5.74) is 3.29. The van der Waals surface area contributed by atoms with E-state index in [2.05, 4.69) is 16.3 Å². The van der Waals surface area contributed by atoms with Crippen molar-refractivity contribution >= 4 is 23.2 Å². The van der Waals surface area contributed by atoms with Crippen molar-refractivity contribution in [3.63, 3.8) is 0 Å². The van der Waals surface area contributed by atoms with Gasteiger partial charge in [-0.2, -0.15) is 5.26 Å². The fraction of sp³-hybridized carbons (Fsp3) is 0.591. The molecule has 2 atom stereocenters. The van der Waals surface area contributed by atoms with E-state index in [4.69, 9.17) is 5.26 Å². The van der Waals surface area contributed by atoms with Crippen LogP contribution < -0.4 is 10.2 Å². The molecule has 3 heterocycles. The van der Waals surface area contributed by atoms with Crippen LogP contribution in [0.5, 0.6) is 0 Å². The standard InChI is InChI=1S/C22H28FN5O2/c1-15(29)27-10-7-19-20(3-2-4-21(19)27)25-17-5-8-26(9-6-17)14-22(30)28-13-16(23)11-18(28)12-24/h2-4,16-18,25H,5-11,13-14H2,1H3/t16-,18-/m0/s1. The highest BCUT2D eigenvalue weighted by molar-refractivity contribution is 5.95. The molecule has 0 spiro atoms. The van der Waals surface area contributed by atoms with Gasteiger partial charge in [-0.05, 0) is 31.4 Å². The fourth-order valence-electron chi connectivity index (χ4n) is 4.82. The van der Waals surface area contributed by atoms with Crippen molar-refractivity contribution in [3.05, 3.63) is 23.8 Å². The second-order valence-electron chi connectivity index (χ2n) is 8.44. The van der Waals surface area contributed by atoms with Crippen molar-refractivity contribution in [1.82, 2.24) is 9.80 Å². The van der Waals surface area contributed by atoms with E-state index >= 15 is 0 Å². The van der Waals surface area contributed by atoms with Crippen LogP contribution in [0, 0.1) is 11.3 Å². The summed E-state index contributed by atoms with van der Waals surface area (Å²) in [7, 11) is 0. The fourth-order valence-corrected chi connectivity index (χ4v) is 4.82. The maximum atomic E-state index is 13.6. The Balaban J connectivity index is 1.30. The minimum Gasteiger partial charge on any atom is -0.382 e. The van der Waals surface area contributed by atoms with E-state index in [0.717, 1.165) is 50.3 Å². The number of hydrogen-bond donors (Lipinski definition) is 1. The Morgan fingerprint density at radius 2 is 2.03 bits per heavy atom. The molecule has 7 nitrogen and oxygen atoms in total. The van der Waals surface area contributed by atoms with Gasteiger partial charge in [0, 0.05) is 56.0 Å². The number of nitrogens with zero attached hydrogens (tertiary/aromatic N) is 4. The molecule has 0 radical (unpaired) electrons. The number of carbonyl (C=O) groups is 2. The molecular formula is C22H28FN5O2. The van der Waals surface area contributed by atoms with E-state index in [1.165, 1.54) is 10.5 Å². The molecule has 30 heavy (non-hydrogen) atoms. The number of likely N-dealkylation sites (tertiary alicyclic amines) is 2. The Morgan fingerprint density at radius 3 is 2.73 bits per heavy atom. The Morgan fingerprint density at radius 1 is 1.27 bits per heavy atom. The lowest BCUT2D eigenvalue weighted by Crippen LogP contribution is -2.46. The molecule has 8 heteroatoms. The van der Waals surface area contributed by atoms with Crippen LogP contribution in [-0.4, -0.2) is 72.6 Å². The SMILES string of the molecule is CC(=O)N1CCc2c(NC3CCN(CC(=O)N4C[C@@H](F)C[C@H]4C#N)CC3)cccc21. The predicted octanol–water partition coefficient (Wildman–Crippen LogP) is 1.93. The number of amides is 2. The van der Waals surface area contributed by atoms with E-state index in [1.807, 2.05) is 23.1 Å². The molecule has 160 valence electrons. The van der Waals surface area contributed by atoms with Crippen LogP contribution in [0.2, 0.25) is 0 Å². The second kappa shape index (κ2) is 8.60. The number of nitriles is 1. The lowest BCUT2D eigenvalue weighted by molar-refractivity contribution is -0.132. The lowest BCUT2D eigenvalue weighted by Gasteiger charge is -2.34. The molecule has 3 aliphatic heterocycles. The number of anilines is 2. The molecule has 2 saturated heterocycles. The normalized spacial score (nSPS) is 24.6. The molecular weight excluding hydrogens is 385 g/mol. The quantitative estimate of drug-likeness (QED) is 0.816. The summed E-state index contributed by atoms with van der Waals surface area (Å²) in [5.74, 6) is -0.0853. The Bertz CT molecular complexity index is 862. The smallest absolute Gasteiger partial charge is 0.237 e. The first-order valence-corrected chi connectivity index (χ1v) is 10.7. The monoisotopic (exact) mass is 413 g/mol. The van der Waals surface area contributed by atoms with Gasteiger partial charge in [-0.25, -0.2) is 4.39 Å². The number of piperidine rings is 1. The topological polar surface area (TPSA) is 79.7 Å². The first-order chi connectivity index (χ1) is 14.5. The zero-order valence-corrected chi connectivity index (χ0v) is 17.3. The Kier molecular flexibility index (Phi) is 5.91. The molecule has 2 fully saturated rings. The van der Waals surface area contributed by atoms with E-state index in [1.54, 1.807) is 6.92 Å². The van der Waals surface area contributed by atoms with Gasteiger partial charge >= 0.3 is 0 Å². The van der Waals surface area contributed by atoms with Crippen molar-refractivity contribution in [3.8, 4) is 6.07 Å². The molecule has 1 aromatic carbocycles. The summed E-state index contributed by atoms with van der Waals surface area (Å²) in [6.45, 7) is 4.16. The van der Waals surface area contributed by atoms with Gasteiger partial charge in [0.2, 0.25) is 11.8 Å². The Labute approximate surface area is 176 Å². The molecule has 1 N–H and O–H groups in total. The lowest BCUT2D eigenvalue weighted by atomic mass is 10.0. The number of fused-ring (bicyclic) bond motifs is 1. The largest absolute Gasteiger partial charge is 0.382 e. The minimum atomic E-state index is -1.10. The molecule has 0 unspecified atom stereocenters. The van der Waals surface area contributed by atoms with Crippen molar-refractivity contribution in [2.75, 3.05) is 42.9 Å². The summed E-state index contributed by atoms with van der Waals surface area (Å²) >= 11 is 0. The van der Waals surface area contributed by atoms with Crippen LogP contribution in [0.3, 0.4) is 0 Å². The first kappa shape index (κ1) is 20.6. The number of carbonyl (C=O) groups excluding carboxylic acids is 2. The maximum absolute atomic E-state index is 13.6. The maximum Gasteiger partial charge on any atom is 0.237 e. The highest BCUT2D eigenvalue weighted by Crippen LogP contribution is 2.34. The predicted molar refractivity (Wildman–Crippen MR) is 112 cm³/mol. The minimum absolute atomic E-state index is 0.0332. The van der Waals surface area contributed by atoms with Gasteiger partial charge < -0.3 is 15.1 Å². The molecule has 4 rings (SSSR count). The molecule has 0 aromatic heterocycles. The molecule has 1 aromatic rings. The Hall–Kier alpha value is -2.66. The van der Waals surface area contributed by atoms with Gasteiger partial charge in [0.15, 0.2) is 0 Å². The van der Waals surface area contributed by atoms with Crippen LogP contribution in [0.4, 0.5) is 15.8 Å². The summed E-state index contributed by atoms with van der Waals surface area (Å²) in [5, 5.41) is 12.8. The number of nitrogens with one attached hydrogen (secondary N) is 1. The van der Waals surface area contributed by atoms with Gasteiger partial charge in [0.25, 0.3) is 0 Å². The average molecular weight is 413 g/mol. The summed E-state index contributed by atoms with van der Waals surface area (Å²) in [6, 6.07) is 7.76. The highest BCUT2D eigenvalue weighted by atomic mass is 19.1. The van der Waals surface area contributed by atoms with Gasteiger partial charge in [-0.3, -0.25) is 14.5 Å². The number of hydrogen-bond acceptors (Lipinski definition) is 5. The van der Waals surface area contributed by atoms with Gasteiger partial charge in [0.1, 0.15) is 12.2 Å². The van der Waals surface area contributed by atoms with Crippen molar-refractivity contribution in [2.45, 2.75) is 50.9 Å². The van der Waals surface area contributed by atoms with Crippen molar-refractivity contribution in [2.24, 2.45) is 0 Å². The molecule has 0 saturated carbocycles. The number of halogens is 1. The van der Waals surface area contributed by atoms with E-state index < -0.39 is 12.2 Å². The molecule has 3 aliphatic rings. The average Bonchev–Trinajstić information content (AvgIpc) is 3.33. The van der Waals surface area contributed by atoms with Crippen LogP contribution in [0.15, 0.2) is 18.2 Å². The van der Waals surface area contributed by atoms with Gasteiger partial charge in [-0.15, -0.1) is 0 Å². The highest BCUT2D eigenvalue weighted by Gasteiger charge is 2.36. The van der Waals surface area contributed by atoms with Crippen LogP contribution >= 0.6 is 0 Å². The van der Waals surface area contributed by atoms with E-state index in [9.17, 15) is 14.0 Å². The number of benzene rings is 1. The van der Waals surface area contributed by atoms with E-state index in [-0.39, 0.29) is 31.3 Å². The third-order valence-corrected chi connectivity index (χ3v) is 6.43. The van der Waals surface area contributed by atoms with Crippen LogP contribution in [0.1, 0.15) is 31.7 Å².